The van der Waals surface area contributed by atoms with Gasteiger partial charge in [0.25, 0.3) is 5.56 Å². The van der Waals surface area contributed by atoms with E-state index in [2.05, 4.69) is 15.4 Å². The standard InChI is InChI=1S/C19H17N5O/c1-23-10-9-14-7-8-15(11-17(14)19(23)25)20-12-18-21-13-22-24(18)16-5-3-2-4-6-16/h2-11,13,20H,12H2,1H3. The third kappa shape index (κ3) is 2.89. The molecule has 0 saturated heterocycles. The minimum atomic E-state index is -0.00592. The van der Waals surface area contributed by atoms with E-state index in [-0.39, 0.29) is 5.56 Å². The molecule has 0 aliphatic carbocycles. The van der Waals surface area contributed by atoms with Crippen LogP contribution in [0.5, 0.6) is 0 Å². The fraction of sp³-hybridized carbons (Fsp3) is 0.105. The van der Waals surface area contributed by atoms with E-state index < -0.39 is 0 Å². The number of anilines is 1. The second kappa shape index (κ2) is 6.24. The maximum absolute atomic E-state index is 12.3. The second-order valence-corrected chi connectivity index (χ2v) is 5.81. The van der Waals surface area contributed by atoms with Gasteiger partial charge in [0.2, 0.25) is 0 Å². The highest BCUT2D eigenvalue weighted by atomic mass is 16.1. The molecule has 0 radical (unpaired) electrons. The molecule has 0 amide bonds. The zero-order valence-electron chi connectivity index (χ0n) is 13.8. The molecule has 0 aliphatic heterocycles. The van der Waals surface area contributed by atoms with Crippen molar-refractivity contribution in [2.75, 3.05) is 5.32 Å². The van der Waals surface area contributed by atoms with E-state index in [1.165, 1.54) is 0 Å². The Kier molecular flexibility index (Phi) is 3.78. The van der Waals surface area contributed by atoms with E-state index in [1.54, 1.807) is 28.8 Å². The number of aromatic nitrogens is 4. The third-order valence-electron chi connectivity index (χ3n) is 4.15. The van der Waals surface area contributed by atoms with E-state index >= 15 is 0 Å². The highest BCUT2D eigenvalue weighted by Gasteiger charge is 2.07. The van der Waals surface area contributed by atoms with Gasteiger partial charge in [0.1, 0.15) is 6.33 Å². The van der Waals surface area contributed by atoms with Gasteiger partial charge in [0.15, 0.2) is 5.82 Å². The van der Waals surface area contributed by atoms with Crippen LogP contribution in [0.15, 0.2) is 71.9 Å². The van der Waals surface area contributed by atoms with Crippen molar-refractivity contribution >= 4 is 16.5 Å². The molecule has 2 heterocycles. The highest BCUT2D eigenvalue weighted by Crippen LogP contribution is 2.17. The number of pyridine rings is 1. The van der Waals surface area contributed by atoms with Crippen molar-refractivity contribution < 1.29 is 0 Å². The van der Waals surface area contributed by atoms with E-state index in [9.17, 15) is 4.79 Å². The fourth-order valence-corrected chi connectivity index (χ4v) is 2.80. The third-order valence-corrected chi connectivity index (χ3v) is 4.15. The first-order valence-corrected chi connectivity index (χ1v) is 8.00. The number of aryl methyl sites for hydroxylation is 1. The Labute approximate surface area is 144 Å². The first-order chi connectivity index (χ1) is 12.2. The van der Waals surface area contributed by atoms with Gasteiger partial charge < -0.3 is 9.88 Å². The summed E-state index contributed by atoms with van der Waals surface area (Å²) in [6.07, 6.45) is 3.32. The number of hydrogen-bond donors (Lipinski definition) is 1. The lowest BCUT2D eigenvalue weighted by Crippen LogP contribution is -2.15. The van der Waals surface area contributed by atoms with Crippen LogP contribution in [0.2, 0.25) is 0 Å². The summed E-state index contributed by atoms with van der Waals surface area (Å²) >= 11 is 0. The zero-order valence-corrected chi connectivity index (χ0v) is 13.8. The van der Waals surface area contributed by atoms with Crippen molar-refractivity contribution in [3.8, 4) is 5.69 Å². The molecule has 4 rings (SSSR count). The van der Waals surface area contributed by atoms with Crippen molar-refractivity contribution in [1.29, 1.82) is 0 Å². The van der Waals surface area contributed by atoms with Crippen molar-refractivity contribution in [3.63, 3.8) is 0 Å². The van der Waals surface area contributed by atoms with Crippen LogP contribution < -0.4 is 10.9 Å². The maximum Gasteiger partial charge on any atom is 0.258 e. The Hall–Kier alpha value is -3.41. The summed E-state index contributed by atoms with van der Waals surface area (Å²) in [6, 6.07) is 17.6. The van der Waals surface area contributed by atoms with Gasteiger partial charge in [-0.05, 0) is 35.7 Å². The average Bonchev–Trinajstić information content (AvgIpc) is 3.12. The van der Waals surface area contributed by atoms with Crippen molar-refractivity contribution in [1.82, 2.24) is 19.3 Å². The van der Waals surface area contributed by atoms with Gasteiger partial charge in [0, 0.05) is 24.3 Å². The van der Waals surface area contributed by atoms with Crippen LogP contribution in [-0.2, 0) is 13.6 Å². The largest absolute Gasteiger partial charge is 0.378 e. The van der Waals surface area contributed by atoms with Gasteiger partial charge >= 0.3 is 0 Å². The van der Waals surface area contributed by atoms with E-state index in [0.29, 0.717) is 11.9 Å². The number of hydrogen-bond acceptors (Lipinski definition) is 4. The molecule has 0 bridgehead atoms. The second-order valence-electron chi connectivity index (χ2n) is 5.81. The Morgan fingerprint density at radius 3 is 2.76 bits per heavy atom. The molecule has 0 spiro atoms. The van der Waals surface area contributed by atoms with Gasteiger partial charge in [-0.2, -0.15) is 5.10 Å². The zero-order chi connectivity index (χ0) is 17.2. The lowest BCUT2D eigenvalue weighted by Gasteiger charge is -2.09. The monoisotopic (exact) mass is 331 g/mol. The lowest BCUT2D eigenvalue weighted by atomic mass is 10.1. The quantitative estimate of drug-likeness (QED) is 0.624. The molecular weight excluding hydrogens is 314 g/mol. The van der Waals surface area contributed by atoms with Gasteiger partial charge in [-0.15, -0.1) is 0 Å². The summed E-state index contributed by atoms with van der Waals surface area (Å²) in [5, 5.41) is 9.24. The maximum atomic E-state index is 12.3. The summed E-state index contributed by atoms with van der Waals surface area (Å²) in [5.41, 5.74) is 1.83. The minimum Gasteiger partial charge on any atom is -0.378 e. The van der Waals surface area contributed by atoms with Crippen LogP contribution >= 0.6 is 0 Å². The summed E-state index contributed by atoms with van der Waals surface area (Å²) in [4.78, 5) is 16.6. The van der Waals surface area contributed by atoms with Crippen molar-refractivity contribution in [3.05, 3.63) is 83.3 Å². The molecule has 6 heteroatoms. The number of rotatable bonds is 4. The number of nitrogens with one attached hydrogen (secondary N) is 1. The molecule has 0 aliphatic rings. The average molecular weight is 331 g/mol. The van der Waals surface area contributed by atoms with Crippen molar-refractivity contribution in [2.45, 2.75) is 6.54 Å². The molecule has 124 valence electrons. The summed E-state index contributed by atoms with van der Waals surface area (Å²) in [6.45, 7) is 0.507. The molecule has 2 aromatic heterocycles. The van der Waals surface area contributed by atoms with Gasteiger partial charge in [-0.25, -0.2) is 9.67 Å². The van der Waals surface area contributed by atoms with Crippen LogP contribution in [0.1, 0.15) is 5.82 Å². The normalized spacial score (nSPS) is 10.9. The smallest absolute Gasteiger partial charge is 0.258 e. The van der Waals surface area contributed by atoms with Gasteiger partial charge in [-0.1, -0.05) is 24.3 Å². The van der Waals surface area contributed by atoms with E-state index in [1.807, 2.05) is 54.6 Å². The van der Waals surface area contributed by atoms with Crippen LogP contribution in [0.3, 0.4) is 0 Å². The Morgan fingerprint density at radius 1 is 1.08 bits per heavy atom. The number of para-hydroxylation sites is 1. The first kappa shape index (κ1) is 15.1. The lowest BCUT2D eigenvalue weighted by molar-refractivity contribution is 0.806. The molecule has 0 fully saturated rings. The Bertz CT molecular complexity index is 1080. The predicted octanol–water partition coefficient (Wildman–Crippen LogP) is 2.73. The van der Waals surface area contributed by atoms with E-state index in [4.69, 9.17) is 0 Å². The van der Waals surface area contributed by atoms with Gasteiger partial charge in [-0.3, -0.25) is 4.79 Å². The summed E-state index contributed by atoms with van der Waals surface area (Å²) in [7, 11) is 1.75. The Morgan fingerprint density at radius 2 is 1.92 bits per heavy atom. The molecule has 4 aromatic rings. The Balaban J connectivity index is 1.61. The highest BCUT2D eigenvalue weighted by molar-refractivity contribution is 5.84. The molecule has 6 nitrogen and oxygen atoms in total. The summed E-state index contributed by atoms with van der Waals surface area (Å²) < 4.78 is 3.38. The minimum absolute atomic E-state index is 0.00592. The predicted molar refractivity (Wildman–Crippen MR) is 97.9 cm³/mol. The molecular formula is C19H17N5O. The number of fused-ring (bicyclic) bond motifs is 1. The van der Waals surface area contributed by atoms with Crippen LogP contribution in [0.4, 0.5) is 5.69 Å². The van der Waals surface area contributed by atoms with Gasteiger partial charge in [0.05, 0.1) is 12.2 Å². The molecule has 2 aromatic carbocycles. The van der Waals surface area contributed by atoms with E-state index in [0.717, 1.165) is 22.6 Å². The number of nitrogens with zero attached hydrogens (tertiary/aromatic N) is 4. The molecule has 25 heavy (non-hydrogen) atoms. The molecule has 0 unspecified atom stereocenters. The first-order valence-electron chi connectivity index (χ1n) is 8.00. The molecule has 0 atom stereocenters. The SMILES string of the molecule is Cn1ccc2ccc(NCc3ncnn3-c3ccccc3)cc2c1=O. The fourth-order valence-electron chi connectivity index (χ4n) is 2.80. The van der Waals surface area contributed by atoms with Crippen LogP contribution in [-0.4, -0.2) is 19.3 Å². The van der Waals surface area contributed by atoms with Crippen LogP contribution in [0, 0.1) is 0 Å². The van der Waals surface area contributed by atoms with Crippen LogP contribution in [0.25, 0.3) is 16.5 Å². The summed E-state index contributed by atoms with van der Waals surface area (Å²) in [5.74, 6) is 0.798. The topological polar surface area (TPSA) is 64.7 Å². The van der Waals surface area contributed by atoms with Crippen molar-refractivity contribution in [2.24, 2.45) is 7.05 Å². The number of benzene rings is 2. The molecule has 1 N–H and O–H groups in total. The molecule has 0 saturated carbocycles.